The number of para-hydroxylation sites is 1. The number of aryl methyl sites for hydroxylation is 1. The summed E-state index contributed by atoms with van der Waals surface area (Å²) in [7, 11) is 0. The third kappa shape index (κ3) is 5.92. The van der Waals surface area contributed by atoms with Gasteiger partial charge < -0.3 is 10.4 Å². The van der Waals surface area contributed by atoms with E-state index >= 15 is 0 Å². The van der Waals surface area contributed by atoms with Crippen molar-refractivity contribution in [3.63, 3.8) is 0 Å². The second-order valence-corrected chi connectivity index (χ2v) is 8.26. The average Bonchev–Trinajstić information content (AvgIpc) is 2.87. The van der Waals surface area contributed by atoms with E-state index in [1.807, 2.05) is 18.2 Å². The summed E-state index contributed by atoms with van der Waals surface area (Å²) in [6.07, 6.45) is 2.83. The molecule has 1 heterocycles. The highest BCUT2D eigenvalue weighted by Crippen LogP contribution is 2.23. The Hall–Kier alpha value is -1.46. The van der Waals surface area contributed by atoms with Crippen molar-refractivity contribution in [2.45, 2.75) is 52.5 Å². The van der Waals surface area contributed by atoms with E-state index in [-0.39, 0.29) is 24.0 Å². The van der Waals surface area contributed by atoms with Crippen LogP contribution in [0.3, 0.4) is 0 Å². The molecule has 0 saturated carbocycles. The lowest BCUT2D eigenvalue weighted by Gasteiger charge is -2.25. The maximum absolute atomic E-state index is 12.0. The molecule has 0 aliphatic rings. The van der Waals surface area contributed by atoms with Gasteiger partial charge in [0.05, 0.1) is 27.9 Å². The number of hydrogen-bond acceptors (Lipinski definition) is 4. The summed E-state index contributed by atoms with van der Waals surface area (Å²) >= 11 is 1.69. The number of aromatic nitrogens is 1. The van der Waals surface area contributed by atoms with Crippen molar-refractivity contribution in [3.8, 4) is 0 Å². The molecular weight excluding hydrogens is 308 g/mol. The summed E-state index contributed by atoms with van der Waals surface area (Å²) < 4.78 is 1.19. The van der Waals surface area contributed by atoms with Crippen molar-refractivity contribution in [1.82, 2.24) is 10.3 Å². The largest absolute Gasteiger partial charge is 0.394 e. The van der Waals surface area contributed by atoms with Crippen LogP contribution < -0.4 is 5.32 Å². The number of carbonyl (C=O) groups is 1. The first-order valence-electron chi connectivity index (χ1n) is 8.12. The highest BCUT2D eigenvalue weighted by molar-refractivity contribution is 7.18. The van der Waals surface area contributed by atoms with Gasteiger partial charge in [-0.1, -0.05) is 32.9 Å². The molecule has 0 bridgehead atoms. The number of aliphatic hydroxyl groups is 1. The summed E-state index contributed by atoms with van der Waals surface area (Å²) in [5, 5.41) is 13.4. The van der Waals surface area contributed by atoms with E-state index in [2.05, 4.69) is 37.1 Å². The van der Waals surface area contributed by atoms with Crippen LogP contribution in [0.25, 0.3) is 10.2 Å². The summed E-state index contributed by atoms with van der Waals surface area (Å²) in [5.74, 6) is 0.00871. The fourth-order valence-corrected chi connectivity index (χ4v) is 3.64. The van der Waals surface area contributed by atoms with Crippen LogP contribution in [0.1, 0.15) is 45.0 Å². The van der Waals surface area contributed by atoms with Crippen molar-refractivity contribution >= 4 is 27.5 Å². The molecule has 1 amide bonds. The Bertz CT molecular complexity index is 613. The molecule has 4 nitrogen and oxygen atoms in total. The molecule has 126 valence electrons. The first-order chi connectivity index (χ1) is 10.9. The predicted molar refractivity (Wildman–Crippen MR) is 95.6 cm³/mol. The number of benzene rings is 1. The highest BCUT2D eigenvalue weighted by Gasteiger charge is 2.19. The molecule has 2 aromatic rings. The Balaban J connectivity index is 1.77. The fraction of sp³-hybridized carbons (Fsp3) is 0.556. The van der Waals surface area contributed by atoms with Gasteiger partial charge in [0, 0.05) is 6.42 Å². The van der Waals surface area contributed by atoms with Crippen molar-refractivity contribution in [2.24, 2.45) is 5.41 Å². The monoisotopic (exact) mass is 334 g/mol. The van der Waals surface area contributed by atoms with Crippen molar-refractivity contribution in [3.05, 3.63) is 29.3 Å². The van der Waals surface area contributed by atoms with Crippen LogP contribution in [0.4, 0.5) is 0 Å². The van der Waals surface area contributed by atoms with Crippen LogP contribution in [0, 0.1) is 5.41 Å². The van der Waals surface area contributed by atoms with Gasteiger partial charge in [0.2, 0.25) is 5.91 Å². The number of nitrogens with zero attached hydrogens (tertiary/aromatic N) is 1. The maximum atomic E-state index is 12.0. The van der Waals surface area contributed by atoms with Gasteiger partial charge in [-0.2, -0.15) is 0 Å². The van der Waals surface area contributed by atoms with Crippen LogP contribution in [-0.2, 0) is 11.2 Å². The number of nitrogens with one attached hydrogen (secondary N) is 1. The fourth-order valence-electron chi connectivity index (χ4n) is 2.63. The molecule has 0 spiro atoms. The molecule has 1 atom stereocenters. The van der Waals surface area contributed by atoms with Crippen molar-refractivity contribution < 1.29 is 9.90 Å². The lowest BCUT2D eigenvalue weighted by Crippen LogP contribution is -2.39. The Labute approximate surface area is 141 Å². The van der Waals surface area contributed by atoms with E-state index < -0.39 is 0 Å². The van der Waals surface area contributed by atoms with E-state index in [0.29, 0.717) is 6.42 Å². The summed E-state index contributed by atoms with van der Waals surface area (Å²) in [6.45, 7) is 6.31. The molecule has 1 unspecified atom stereocenters. The molecule has 23 heavy (non-hydrogen) atoms. The van der Waals surface area contributed by atoms with Gasteiger partial charge >= 0.3 is 0 Å². The molecule has 0 aliphatic carbocycles. The lowest BCUT2D eigenvalue weighted by atomic mass is 9.88. The Kier molecular flexibility index (Phi) is 6.13. The summed E-state index contributed by atoms with van der Waals surface area (Å²) in [4.78, 5) is 16.6. The number of hydrogen-bond donors (Lipinski definition) is 2. The Morgan fingerprint density at radius 3 is 2.74 bits per heavy atom. The van der Waals surface area contributed by atoms with Gasteiger partial charge in [-0.15, -0.1) is 11.3 Å². The van der Waals surface area contributed by atoms with Crippen LogP contribution in [0.15, 0.2) is 24.3 Å². The number of carbonyl (C=O) groups excluding carboxylic acids is 1. The molecule has 5 heteroatoms. The number of rotatable bonds is 7. The molecule has 2 rings (SSSR count). The third-order valence-corrected chi connectivity index (χ3v) is 4.67. The van der Waals surface area contributed by atoms with Gasteiger partial charge in [0.15, 0.2) is 0 Å². The molecule has 0 radical (unpaired) electrons. The van der Waals surface area contributed by atoms with E-state index in [4.69, 9.17) is 0 Å². The molecule has 0 aliphatic heterocycles. The normalized spacial score (nSPS) is 13.2. The molecule has 2 N–H and O–H groups in total. The van der Waals surface area contributed by atoms with Crippen LogP contribution in [0.2, 0.25) is 0 Å². The minimum absolute atomic E-state index is 0.00871. The molecule has 0 saturated heterocycles. The zero-order valence-electron chi connectivity index (χ0n) is 14.1. The first kappa shape index (κ1) is 17.9. The highest BCUT2D eigenvalue weighted by atomic mass is 32.1. The average molecular weight is 334 g/mol. The van der Waals surface area contributed by atoms with Crippen LogP contribution in [0.5, 0.6) is 0 Å². The summed E-state index contributed by atoms with van der Waals surface area (Å²) in [6, 6.07) is 7.93. The number of aliphatic hydroxyl groups excluding tert-OH is 1. The smallest absolute Gasteiger partial charge is 0.220 e. The Morgan fingerprint density at radius 2 is 2.09 bits per heavy atom. The minimum Gasteiger partial charge on any atom is -0.394 e. The maximum Gasteiger partial charge on any atom is 0.220 e. The first-order valence-corrected chi connectivity index (χ1v) is 8.94. The van der Waals surface area contributed by atoms with Gasteiger partial charge in [0.1, 0.15) is 0 Å². The second-order valence-electron chi connectivity index (χ2n) is 7.14. The lowest BCUT2D eigenvalue weighted by molar-refractivity contribution is -0.122. The molecule has 1 aromatic heterocycles. The van der Waals surface area contributed by atoms with Gasteiger partial charge in [-0.05, 0) is 36.8 Å². The van der Waals surface area contributed by atoms with E-state index in [0.717, 1.165) is 29.8 Å². The van der Waals surface area contributed by atoms with Gasteiger partial charge in [0.25, 0.3) is 0 Å². The van der Waals surface area contributed by atoms with Gasteiger partial charge in [-0.25, -0.2) is 4.98 Å². The number of fused-ring (bicyclic) bond motifs is 1. The molecule has 0 fully saturated rings. The van der Waals surface area contributed by atoms with E-state index in [1.54, 1.807) is 11.3 Å². The predicted octanol–water partition coefficient (Wildman–Crippen LogP) is 3.53. The Morgan fingerprint density at radius 1 is 1.35 bits per heavy atom. The zero-order valence-corrected chi connectivity index (χ0v) is 14.9. The zero-order chi connectivity index (χ0) is 16.9. The summed E-state index contributed by atoms with van der Waals surface area (Å²) in [5.41, 5.74) is 1.12. The molecule has 1 aromatic carbocycles. The number of amides is 1. The topological polar surface area (TPSA) is 62.2 Å². The van der Waals surface area contributed by atoms with E-state index in [9.17, 15) is 9.90 Å². The van der Waals surface area contributed by atoms with Crippen LogP contribution in [-0.4, -0.2) is 28.6 Å². The third-order valence-electron chi connectivity index (χ3n) is 3.58. The quantitative estimate of drug-likeness (QED) is 0.814. The van der Waals surface area contributed by atoms with Crippen molar-refractivity contribution in [2.75, 3.05) is 6.61 Å². The second kappa shape index (κ2) is 7.88. The SMILES string of the molecule is CC(C)(C)CC(CO)NC(=O)CCCc1nc2ccccc2s1. The standard InChI is InChI=1S/C18H26N2O2S/c1-18(2,3)11-13(12-21)19-16(22)9-6-10-17-20-14-7-4-5-8-15(14)23-17/h4-5,7-8,13,21H,6,9-12H2,1-3H3,(H,19,22). The number of thiazole rings is 1. The minimum atomic E-state index is -0.162. The van der Waals surface area contributed by atoms with E-state index in [1.165, 1.54) is 4.70 Å². The van der Waals surface area contributed by atoms with Crippen molar-refractivity contribution in [1.29, 1.82) is 0 Å². The van der Waals surface area contributed by atoms with Crippen LogP contribution >= 0.6 is 11.3 Å². The van der Waals surface area contributed by atoms with Gasteiger partial charge in [-0.3, -0.25) is 4.79 Å². The molecular formula is C18H26N2O2S.